The summed E-state index contributed by atoms with van der Waals surface area (Å²) in [4.78, 5) is 25.3. The van der Waals surface area contributed by atoms with E-state index in [0.717, 1.165) is 23.3 Å². The summed E-state index contributed by atoms with van der Waals surface area (Å²) in [6.45, 7) is 1.91. The Bertz CT molecular complexity index is 1110. The van der Waals surface area contributed by atoms with Crippen LogP contribution in [0.4, 0.5) is 22.0 Å². The molecule has 27 heavy (non-hydrogen) atoms. The van der Waals surface area contributed by atoms with Crippen LogP contribution in [0, 0.1) is 5.82 Å². The Morgan fingerprint density at radius 2 is 1.89 bits per heavy atom. The zero-order valence-electron chi connectivity index (χ0n) is 14.6. The number of nitrogens with zero attached hydrogens (tertiary/aromatic N) is 7. The van der Waals surface area contributed by atoms with Crippen LogP contribution in [-0.2, 0) is 7.05 Å². The third kappa shape index (κ3) is 3.24. The predicted molar refractivity (Wildman–Crippen MR) is 97.7 cm³/mol. The van der Waals surface area contributed by atoms with Crippen molar-refractivity contribution in [3.8, 4) is 0 Å². The van der Waals surface area contributed by atoms with E-state index in [1.165, 1.54) is 0 Å². The summed E-state index contributed by atoms with van der Waals surface area (Å²) >= 11 is 0. The zero-order chi connectivity index (χ0) is 19.0. The second kappa shape index (κ2) is 6.56. The van der Waals surface area contributed by atoms with E-state index in [9.17, 15) is 4.39 Å². The van der Waals surface area contributed by atoms with Gasteiger partial charge in [-0.3, -0.25) is 4.98 Å². The third-order valence-corrected chi connectivity index (χ3v) is 4.10. The number of hydrogen-bond donors (Lipinski definition) is 2. The normalized spacial score (nSPS) is 12.3. The number of halogens is 1. The van der Waals surface area contributed by atoms with Crippen molar-refractivity contribution in [1.29, 1.82) is 0 Å². The fourth-order valence-corrected chi connectivity index (χ4v) is 2.83. The molecule has 9 nitrogen and oxygen atoms in total. The lowest BCUT2D eigenvalue weighted by Gasteiger charge is -2.15. The van der Waals surface area contributed by atoms with Crippen LogP contribution in [0.1, 0.15) is 24.2 Å². The van der Waals surface area contributed by atoms with E-state index < -0.39 is 5.82 Å². The minimum Gasteiger partial charge on any atom is -0.368 e. The molecule has 10 heteroatoms. The molecule has 3 N–H and O–H groups in total. The summed E-state index contributed by atoms with van der Waals surface area (Å²) in [5.41, 5.74) is 7.22. The van der Waals surface area contributed by atoms with Gasteiger partial charge in [-0.15, -0.1) is 0 Å². The second-order valence-corrected chi connectivity index (χ2v) is 6.08. The number of pyridine rings is 1. The van der Waals surface area contributed by atoms with Crippen LogP contribution in [0.3, 0.4) is 0 Å². The maximum atomic E-state index is 13.2. The highest BCUT2D eigenvalue weighted by atomic mass is 19.1. The highest BCUT2D eigenvalue weighted by Crippen LogP contribution is 2.32. The van der Waals surface area contributed by atoms with Gasteiger partial charge < -0.3 is 15.6 Å². The predicted octanol–water partition coefficient (Wildman–Crippen LogP) is 2.17. The SMILES string of the molecule is C[C@@H](c1ncc(F)cn1)c1cncc2nc(N)nc(Nc3cn(C)cn3)c12. The van der Waals surface area contributed by atoms with Gasteiger partial charge >= 0.3 is 0 Å². The molecule has 0 fully saturated rings. The van der Waals surface area contributed by atoms with E-state index in [0.29, 0.717) is 23.0 Å². The van der Waals surface area contributed by atoms with Gasteiger partial charge in [0.25, 0.3) is 0 Å². The topological polar surface area (TPSA) is 120 Å². The van der Waals surface area contributed by atoms with Crippen LogP contribution >= 0.6 is 0 Å². The number of rotatable bonds is 4. The summed E-state index contributed by atoms with van der Waals surface area (Å²) in [5, 5.41) is 3.90. The van der Waals surface area contributed by atoms with Crippen molar-refractivity contribution in [1.82, 2.24) is 34.5 Å². The Labute approximate surface area is 153 Å². The number of aromatic nitrogens is 7. The highest BCUT2D eigenvalue weighted by Gasteiger charge is 2.19. The lowest BCUT2D eigenvalue weighted by Crippen LogP contribution is -2.08. The molecule has 0 aliphatic heterocycles. The van der Waals surface area contributed by atoms with Crippen molar-refractivity contribution in [3.05, 3.63) is 54.5 Å². The number of anilines is 3. The average Bonchev–Trinajstić information content (AvgIpc) is 3.05. The van der Waals surface area contributed by atoms with Gasteiger partial charge in [0.2, 0.25) is 5.95 Å². The van der Waals surface area contributed by atoms with Gasteiger partial charge in [0.15, 0.2) is 5.82 Å². The molecule has 0 amide bonds. The van der Waals surface area contributed by atoms with Crippen LogP contribution in [0.2, 0.25) is 0 Å². The fraction of sp³-hybridized carbons (Fsp3) is 0.176. The smallest absolute Gasteiger partial charge is 0.222 e. The molecule has 4 aromatic heterocycles. The fourth-order valence-electron chi connectivity index (χ4n) is 2.83. The van der Waals surface area contributed by atoms with Crippen molar-refractivity contribution in [2.75, 3.05) is 11.1 Å². The van der Waals surface area contributed by atoms with Crippen molar-refractivity contribution in [2.45, 2.75) is 12.8 Å². The molecule has 0 radical (unpaired) electrons. The summed E-state index contributed by atoms with van der Waals surface area (Å²) in [6.07, 6.45) is 9.07. The minimum atomic E-state index is -0.490. The van der Waals surface area contributed by atoms with Crippen molar-refractivity contribution >= 4 is 28.5 Å². The second-order valence-electron chi connectivity index (χ2n) is 6.08. The first-order chi connectivity index (χ1) is 13.0. The van der Waals surface area contributed by atoms with Gasteiger partial charge in [-0.2, -0.15) is 4.98 Å². The molecule has 4 rings (SSSR count). The lowest BCUT2D eigenvalue weighted by atomic mass is 9.98. The van der Waals surface area contributed by atoms with Gasteiger partial charge in [0.05, 0.1) is 35.8 Å². The number of nitrogen functional groups attached to an aromatic ring is 1. The Kier molecular flexibility index (Phi) is 4.07. The molecule has 0 aliphatic carbocycles. The Morgan fingerprint density at radius 1 is 1.11 bits per heavy atom. The van der Waals surface area contributed by atoms with E-state index >= 15 is 0 Å². The highest BCUT2D eigenvalue weighted by molar-refractivity contribution is 5.94. The van der Waals surface area contributed by atoms with E-state index in [2.05, 4.69) is 35.2 Å². The van der Waals surface area contributed by atoms with Gasteiger partial charge in [-0.25, -0.2) is 24.3 Å². The maximum absolute atomic E-state index is 13.2. The van der Waals surface area contributed by atoms with Gasteiger partial charge in [0, 0.05) is 25.4 Å². The van der Waals surface area contributed by atoms with Crippen LogP contribution in [0.25, 0.3) is 10.9 Å². The Hall–Kier alpha value is -3.69. The Balaban J connectivity index is 1.86. The monoisotopic (exact) mass is 365 g/mol. The number of aryl methyl sites for hydroxylation is 1. The van der Waals surface area contributed by atoms with Gasteiger partial charge in [-0.1, -0.05) is 6.92 Å². The average molecular weight is 365 g/mol. The molecule has 0 spiro atoms. The van der Waals surface area contributed by atoms with Crippen LogP contribution in [0.15, 0.2) is 37.3 Å². The zero-order valence-corrected chi connectivity index (χ0v) is 14.6. The molecule has 0 bridgehead atoms. The van der Waals surface area contributed by atoms with Crippen molar-refractivity contribution in [2.24, 2.45) is 7.05 Å². The van der Waals surface area contributed by atoms with E-state index in [-0.39, 0.29) is 11.9 Å². The molecule has 0 unspecified atom stereocenters. The summed E-state index contributed by atoms with van der Waals surface area (Å²) in [7, 11) is 1.87. The molecule has 4 aromatic rings. The van der Waals surface area contributed by atoms with E-state index in [4.69, 9.17) is 5.73 Å². The van der Waals surface area contributed by atoms with Gasteiger partial charge in [0.1, 0.15) is 17.5 Å². The van der Waals surface area contributed by atoms with Crippen LogP contribution in [0.5, 0.6) is 0 Å². The molecular weight excluding hydrogens is 349 g/mol. The molecule has 4 heterocycles. The molecule has 0 saturated carbocycles. The molecule has 0 aromatic carbocycles. The quantitative estimate of drug-likeness (QED) is 0.564. The third-order valence-electron chi connectivity index (χ3n) is 4.10. The molecule has 0 aliphatic rings. The van der Waals surface area contributed by atoms with Gasteiger partial charge in [-0.05, 0) is 5.56 Å². The van der Waals surface area contributed by atoms with Crippen LogP contribution in [-0.4, -0.2) is 34.5 Å². The number of nitrogens with two attached hydrogens (primary N) is 1. The number of imidazole rings is 1. The summed E-state index contributed by atoms with van der Waals surface area (Å²) < 4.78 is 15.0. The largest absolute Gasteiger partial charge is 0.368 e. The standard InChI is InChI=1S/C17H16FN9/c1-9(15-21-3-10(18)4-22-15)11-5-20-6-12-14(11)16(26-17(19)24-12)25-13-7-27(2)8-23-13/h3-9H,1-2H3,(H3,19,24,25,26)/t9-/m1/s1. The molecular formula is C17H16FN9. The Morgan fingerprint density at radius 3 is 2.59 bits per heavy atom. The minimum absolute atomic E-state index is 0.116. The summed E-state index contributed by atoms with van der Waals surface area (Å²) in [6, 6.07) is 0. The maximum Gasteiger partial charge on any atom is 0.222 e. The van der Waals surface area contributed by atoms with E-state index in [1.54, 1.807) is 18.7 Å². The molecule has 0 saturated heterocycles. The summed E-state index contributed by atoms with van der Waals surface area (Å²) in [5.74, 6) is 0.943. The number of hydrogen-bond acceptors (Lipinski definition) is 8. The first-order valence-corrected chi connectivity index (χ1v) is 8.15. The van der Waals surface area contributed by atoms with Crippen molar-refractivity contribution in [3.63, 3.8) is 0 Å². The lowest BCUT2D eigenvalue weighted by molar-refractivity contribution is 0.606. The molecule has 1 atom stereocenters. The number of nitrogens with one attached hydrogen (secondary N) is 1. The first-order valence-electron chi connectivity index (χ1n) is 8.15. The first kappa shape index (κ1) is 16.8. The number of fused-ring (bicyclic) bond motifs is 1. The van der Waals surface area contributed by atoms with Crippen molar-refractivity contribution < 1.29 is 4.39 Å². The molecule has 136 valence electrons. The van der Waals surface area contributed by atoms with E-state index in [1.807, 2.05) is 24.7 Å². The van der Waals surface area contributed by atoms with Crippen LogP contribution < -0.4 is 11.1 Å².